The second-order valence-electron chi connectivity index (χ2n) is 6.67. The molecule has 0 unspecified atom stereocenters. The third-order valence-electron chi connectivity index (χ3n) is 5.05. The SMILES string of the molecule is Cc1c(-c2cccc3c2SCNC3)c(F)cc(C(=O)O)c1N1CCOCC1.Cl.Cl. The van der Waals surface area contributed by atoms with Crippen molar-refractivity contribution in [3.63, 3.8) is 0 Å². The highest BCUT2D eigenvalue weighted by Crippen LogP contribution is 2.42. The van der Waals surface area contributed by atoms with Crippen molar-refractivity contribution in [2.45, 2.75) is 18.4 Å². The molecule has 4 rings (SSSR count). The summed E-state index contributed by atoms with van der Waals surface area (Å²) in [6.07, 6.45) is 0. The Morgan fingerprint density at radius 1 is 1.28 bits per heavy atom. The lowest BCUT2D eigenvalue weighted by Gasteiger charge is -2.32. The summed E-state index contributed by atoms with van der Waals surface area (Å²) in [6, 6.07) is 7.06. The largest absolute Gasteiger partial charge is 0.478 e. The van der Waals surface area contributed by atoms with Crippen LogP contribution in [0.5, 0.6) is 0 Å². The van der Waals surface area contributed by atoms with E-state index in [1.54, 1.807) is 11.8 Å². The lowest BCUT2D eigenvalue weighted by atomic mass is 9.93. The van der Waals surface area contributed by atoms with Crippen LogP contribution in [0.15, 0.2) is 29.2 Å². The number of anilines is 1. The zero-order valence-corrected chi connectivity index (χ0v) is 18.3. The maximum Gasteiger partial charge on any atom is 0.337 e. The van der Waals surface area contributed by atoms with E-state index in [1.807, 2.05) is 30.0 Å². The van der Waals surface area contributed by atoms with Gasteiger partial charge in [0.25, 0.3) is 0 Å². The van der Waals surface area contributed by atoms with Gasteiger partial charge in [-0.05, 0) is 29.7 Å². The predicted octanol–water partition coefficient (Wildman–Crippen LogP) is 4.33. The number of carboxylic acids is 1. The van der Waals surface area contributed by atoms with Crippen molar-refractivity contribution in [2.75, 3.05) is 37.1 Å². The molecule has 2 heterocycles. The Labute approximate surface area is 185 Å². The molecule has 2 aliphatic rings. The minimum absolute atomic E-state index is 0. The smallest absolute Gasteiger partial charge is 0.337 e. The number of ether oxygens (including phenoxy) is 1. The number of rotatable bonds is 3. The lowest BCUT2D eigenvalue weighted by Crippen LogP contribution is -2.37. The number of nitrogens with one attached hydrogen (secondary N) is 1. The molecule has 1 saturated heterocycles. The van der Waals surface area contributed by atoms with Crippen LogP contribution in [0.4, 0.5) is 10.1 Å². The molecule has 1 fully saturated rings. The van der Waals surface area contributed by atoms with E-state index in [4.69, 9.17) is 4.74 Å². The number of thioether (sulfide) groups is 1. The van der Waals surface area contributed by atoms with Crippen molar-refractivity contribution in [1.82, 2.24) is 5.32 Å². The molecule has 0 atom stereocenters. The number of halogens is 3. The Balaban J connectivity index is 0.00000150. The molecule has 0 spiro atoms. The molecule has 0 saturated carbocycles. The summed E-state index contributed by atoms with van der Waals surface area (Å²) in [6.45, 7) is 4.83. The summed E-state index contributed by atoms with van der Waals surface area (Å²) < 4.78 is 20.5. The second kappa shape index (κ2) is 10.00. The summed E-state index contributed by atoms with van der Waals surface area (Å²) in [5, 5.41) is 13.0. The van der Waals surface area contributed by atoms with Gasteiger partial charge >= 0.3 is 5.97 Å². The number of carboxylic acid groups (broad SMARTS) is 1. The van der Waals surface area contributed by atoms with Gasteiger partial charge in [-0.25, -0.2) is 9.18 Å². The van der Waals surface area contributed by atoms with E-state index in [0.717, 1.165) is 28.4 Å². The number of fused-ring (bicyclic) bond motifs is 1. The first-order chi connectivity index (χ1) is 13.1. The molecular weight excluding hydrogens is 438 g/mol. The summed E-state index contributed by atoms with van der Waals surface area (Å²) in [4.78, 5) is 14.9. The first-order valence-corrected chi connectivity index (χ1v) is 9.91. The van der Waals surface area contributed by atoms with E-state index >= 15 is 4.39 Å². The normalized spacial score (nSPS) is 15.7. The maximum absolute atomic E-state index is 15.1. The average Bonchev–Trinajstić information content (AvgIpc) is 2.68. The number of carbonyl (C=O) groups is 1. The van der Waals surface area contributed by atoms with Crippen LogP contribution in [0, 0.1) is 12.7 Å². The number of benzene rings is 2. The van der Waals surface area contributed by atoms with Crippen LogP contribution < -0.4 is 10.2 Å². The van der Waals surface area contributed by atoms with Crippen LogP contribution in [0.1, 0.15) is 21.5 Å². The highest BCUT2D eigenvalue weighted by atomic mass is 35.5. The van der Waals surface area contributed by atoms with Crippen molar-refractivity contribution < 1.29 is 19.0 Å². The fraction of sp³-hybridized carbons (Fsp3) is 0.350. The van der Waals surface area contributed by atoms with Crippen molar-refractivity contribution >= 4 is 48.2 Å². The third kappa shape index (κ3) is 4.49. The summed E-state index contributed by atoms with van der Waals surface area (Å²) >= 11 is 1.65. The Morgan fingerprint density at radius 2 is 2.00 bits per heavy atom. The minimum atomic E-state index is -1.11. The highest BCUT2D eigenvalue weighted by Gasteiger charge is 2.27. The molecule has 2 aliphatic heterocycles. The Morgan fingerprint density at radius 3 is 2.69 bits per heavy atom. The summed E-state index contributed by atoms with van der Waals surface area (Å²) in [5.41, 5.74) is 3.74. The van der Waals surface area contributed by atoms with Crippen LogP contribution in [-0.4, -0.2) is 43.3 Å². The molecule has 5 nitrogen and oxygen atoms in total. The molecule has 0 radical (unpaired) electrons. The van der Waals surface area contributed by atoms with Crippen molar-refractivity contribution in [1.29, 1.82) is 0 Å². The van der Waals surface area contributed by atoms with Gasteiger partial charge in [0.2, 0.25) is 0 Å². The standard InChI is InChI=1S/C20H21FN2O3S.2ClH/c1-12-17(14-4-2-3-13-10-22-11-27-19(13)14)16(21)9-15(20(24)25)18(12)23-5-7-26-8-6-23;;/h2-4,9,22H,5-8,10-11H2,1H3,(H,24,25);2*1H. The summed E-state index contributed by atoms with van der Waals surface area (Å²) in [7, 11) is 0. The maximum atomic E-state index is 15.1. The molecule has 2 aromatic rings. The predicted molar refractivity (Wildman–Crippen MR) is 119 cm³/mol. The van der Waals surface area contributed by atoms with Crippen LogP contribution >= 0.6 is 36.6 Å². The van der Waals surface area contributed by atoms with Gasteiger partial charge < -0.3 is 20.1 Å². The molecule has 9 heteroatoms. The number of morpholine rings is 1. The van der Waals surface area contributed by atoms with Crippen LogP contribution in [-0.2, 0) is 11.3 Å². The van der Waals surface area contributed by atoms with Crippen molar-refractivity contribution in [3.8, 4) is 11.1 Å². The number of hydrogen-bond acceptors (Lipinski definition) is 5. The second-order valence-corrected chi connectivity index (χ2v) is 7.65. The molecule has 0 aliphatic carbocycles. The Hall–Kier alpha value is -1.51. The van der Waals surface area contributed by atoms with Gasteiger partial charge in [-0.3, -0.25) is 0 Å². The van der Waals surface area contributed by atoms with E-state index in [-0.39, 0.29) is 30.4 Å². The van der Waals surface area contributed by atoms with E-state index < -0.39 is 11.8 Å². The van der Waals surface area contributed by atoms with Crippen molar-refractivity contribution in [2.24, 2.45) is 0 Å². The quantitative estimate of drug-likeness (QED) is 0.710. The molecule has 0 amide bonds. The average molecular weight is 461 g/mol. The van der Waals surface area contributed by atoms with Gasteiger partial charge in [0.15, 0.2) is 0 Å². The molecule has 0 bridgehead atoms. The van der Waals surface area contributed by atoms with E-state index in [9.17, 15) is 9.90 Å². The van der Waals surface area contributed by atoms with E-state index in [0.29, 0.717) is 43.1 Å². The van der Waals surface area contributed by atoms with Gasteiger partial charge in [-0.15, -0.1) is 36.6 Å². The molecule has 0 aromatic heterocycles. The fourth-order valence-corrected chi connectivity index (χ4v) is 4.85. The van der Waals surface area contributed by atoms with Gasteiger partial charge in [-0.2, -0.15) is 0 Å². The zero-order valence-electron chi connectivity index (χ0n) is 15.9. The third-order valence-corrected chi connectivity index (χ3v) is 6.17. The number of aromatic carboxylic acids is 1. The first-order valence-electron chi connectivity index (χ1n) is 8.92. The molecule has 2 aromatic carbocycles. The van der Waals surface area contributed by atoms with E-state index in [1.165, 1.54) is 6.07 Å². The highest BCUT2D eigenvalue weighted by molar-refractivity contribution is 7.99. The van der Waals surface area contributed by atoms with Gasteiger partial charge in [-0.1, -0.05) is 18.2 Å². The molecule has 29 heavy (non-hydrogen) atoms. The topological polar surface area (TPSA) is 61.8 Å². The van der Waals surface area contributed by atoms with Crippen molar-refractivity contribution in [3.05, 3.63) is 46.8 Å². The first kappa shape index (κ1) is 23.8. The fourth-order valence-electron chi connectivity index (χ4n) is 3.86. The minimum Gasteiger partial charge on any atom is -0.478 e. The number of hydrogen-bond donors (Lipinski definition) is 2. The molecular formula is C20H23Cl2FN2O3S. The van der Waals surface area contributed by atoms with E-state index in [2.05, 4.69) is 5.32 Å². The summed E-state index contributed by atoms with van der Waals surface area (Å²) in [5.74, 6) is -0.832. The van der Waals surface area contributed by atoms with Gasteiger partial charge in [0.05, 0.1) is 24.5 Å². The monoisotopic (exact) mass is 460 g/mol. The number of nitrogens with zero attached hydrogens (tertiary/aromatic N) is 1. The van der Waals surface area contributed by atoms with Gasteiger partial charge in [0.1, 0.15) is 5.82 Å². The lowest BCUT2D eigenvalue weighted by molar-refractivity contribution is 0.0695. The van der Waals surface area contributed by atoms with Crippen LogP contribution in [0.3, 0.4) is 0 Å². The zero-order chi connectivity index (χ0) is 19.0. The molecule has 158 valence electrons. The Kier molecular flexibility index (Phi) is 8.19. The Bertz CT molecular complexity index is 908. The van der Waals surface area contributed by atoms with Gasteiger partial charge in [0, 0.05) is 36.0 Å². The van der Waals surface area contributed by atoms with Crippen LogP contribution in [0.2, 0.25) is 0 Å². The van der Waals surface area contributed by atoms with Crippen LogP contribution in [0.25, 0.3) is 11.1 Å². The molecule has 2 N–H and O–H groups in total.